The van der Waals surface area contributed by atoms with E-state index in [1.54, 1.807) is 19.1 Å². The summed E-state index contributed by atoms with van der Waals surface area (Å²) < 4.78 is 17.9. The molecular formula is C20H20FNO3S. The van der Waals surface area contributed by atoms with E-state index in [1.165, 1.54) is 23.9 Å². The predicted octanol–water partition coefficient (Wildman–Crippen LogP) is 3.79. The van der Waals surface area contributed by atoms with Crippen LogP contribution in [-0.2, 0) is 14.3 Å². The van der Waals surface area contributed by atoms with Crippen LogP contribution in [-0.4, -0.2) is 23.2 Å². The van der Waals surface area contributed by atoms with E-state index < -0.39 is 22.6 Å². The quantitative estimate of drug-likeness (QED) is 0.810. The molecule has 1 heterocycles. The summed E-state index contributed by atoms with van der Waals surface area (Å²) >= 11 is 1.29. The maximum atomic E-state index is 13.8. The first kappa shape index (κ1) is 18.5. The molecule has 2 aromatic rings. The Morgan fingerprint density at radius 2 is 2.04 bits per heavy atom. The summed E-state index contributed by atoms with van der Waals surface area (Å²) in [6.07, 6.45) is -0.0223. The Morgan fingerprint density at radius 3 is 2.69 bits per heavy atom. The molecule has 1 aliphatic heterocycles. The zero-order valence-corrected chi connectivity index (χ0v) is 15.4. The number of halogens is 1. The summed E-state index contributed by atoms with van der Waals surface area (Å²) in [5.74, 6) is -1.15. The number of hydrogen-bond donors (Lipinski definition) is 1. The molecule has 2 aromatic carbocycles. The van der Waals surface area contributed by atoms with Crippen molar-refractivity contribution in [1.29, 1.82) is 0 Å². The van der Waals surface area contributed by atoms with E-state index in [2.05, 4.69) is 5.32 Å². The van der Waals surface area contributed by atoms with Gasteiger partial charge < -0.3 is 10.1 Å². The van der Waals surface area contributed by atoms with Crippen molar-refractivity contribution in [2.24, 2.45) is 0 Å². The standard InChI is InChI=1S/C20H20FNO3S/c1-3-25-19(24)20(26-16-9-7-13(2)8-10-16)12-17(23)22-18(20)14-5-4-6-15(21)11-14/h4-11,18H,3,12H2,1-2H3,(H,22,23)/t18?,20-/m1/s1. The van der Waals surface area contributed by atoms with Gasteiger partial charge in [0.1, 0.15) is 5.82 Å². The molecule has 4 nitrogen and oxygen atoms in total. The van der Waals surface area contributed by atoms with Gasteiger partial charge >= 0.3 is 5.97 Å². The van der Waals surface area contributed by atoms with Crippen molar-refractivity contribution in [2.45, 2.75) is 36.0 Å². The Hall–Kier alpha value is -2.34. The van der Waals surface area contributed by atoms with Crippen molar-refractivity contribution < 1.29 is 18.7 Å². The molecule has 1 aliphatic rings. The van der Waals surface area contributed by atoms with E-state index in [4.69, 9.17) is 4.74 Å². The van der Waals surface area contributed by atoms with E-state index in [0.717, 1.165) is 10.5 Å². The predicted molar refractivity (Wildman–Crippen MR) is 98.3 cm³/mol. The van der Waals surface area contributed by atoms with Crippen LogP contribution in [0.5, 0.6) is 0 Å². The normalized spacial score (nSPS) is 22.1. The van der Waals surface area contributed by atoms with Gasteiger partial charge in [0.05, 0.1) is 19.1 Å². The number of thioether (sulfide) groups is 1. The van der Waals surface area contributed by atoms with Gasteiger partial charge in [0.25, 0.3) is 0 Å². The van der Waals surface area contributed by atoms with Gasteiger partial charge in [0.15, 0.2) is 4.75 Å². The van der Waals surface area contributed by atoms with Gasteiger partial charge in [-0.1, -0.05) is 29.8 Å². The van der Waals surface area contributed by atoms with Gasteiger partial charge in [0.2, 0.25) is 5.91 Å². The molecule has 0 aromatic heterocycles. The van der Waals surface area contributed by atoms with Crippen molar-refractivity contribution in [3.63, 3.8) is 0 Å². The summed E-state index contributed by atoms with van der Waals surface area (Å²) in [4.78, 5) is 26.0. The number of aryl methyl sites for hydroxylation is 1. The van der Waals surface area contributed by atoms with Crippen LogP contribution in [0.15, 0.2) is 53.4 Å². The van der Waals surface area contributed by atoms with Crippen LogP contribution in [0, 0.1) is 12.7 Å². The molecule has 1 saturated heterocycles. The molecule has 1 N–H and O–H groups in total. The number of benzene rings is 2. The molecule has 2 atom stereocenters. The number of nitrogens with one attached hydrogen (secondary N) is 1. The van der Waals surface area contributed by atoms with Crippen molar-refractivity contribution in [2.75, 3.05) is 6.61 Å². The summed E-state index contributed by atoms with van der Waals surface area (Å²) in [7, 11) is 0. The number of ether oxygens (including phenoxy) is 1. The SMILES string of the molecule is CCOC(=O)[C@@]1(Sc2ccc(C)cc2)CC(=O)NC1c1cccc(F)c1. The fourth-order valence-electron chi connectivity index (χ4n) is 3.10. The number of esters is 1. The number of carbonyl (C=O) groups excluding carboxylic acids is 2. The Bertz CT molecular complexity index is 824. The van der Waals surface area contributed by atoms with Crippen LogP contribution in [0.4, 0.5) is 4.39 Å². The van der Waals surface area contributed by atoms with Gasteiger partial charge in [0, 0.05) is 4.90 Å². The van der Waals surface area contributed by atoms with Crippen LogP contribution in [0.2, 0.25) is 0 Å². The minimum atomic E-state index is -1.18. The molecule has 1 fully saturated rings. The molecule has 1 amide bonds. The maximum absolute atomic E-state index is 13.8. The third-order valence-corrected chi connectivity index (χ3v) is 5.74. The van der Waals surface area contributed by atoms with Gasteiger partial charge in [-0.05, 0) is 43.7 Å². The Morgan fingerprint density at radius 1 is 1.31 bits per heavy atom. The van der Waals surface area contributed by atoms with Crippen molar-refractivity contribution >= 4 is 23.6 Å². The highest BCUT2D eigenvalue weighted by atomic mass is 32.2. The average Bonchev–Trinajstić information content (AvgIpc) is 2.95. The maximum Gasteiger partial charge on any atom is 0.325 e. The molecular weight excluding hydrogens is 353 g/mol. The minimum Gasteiger partial charge on any atom is -0.465 e. The summed E-state index contributed by atoms with van der Waals surface area (Å²) in [6, 6.07) is 13.0. The first-order valence-corrected chi connectivity index (χ1v) is 9.24. The lowest BCUT2D eigenvalue weighted by Gasteiger charge is -2.31. The second-order valence-electron chi connectivity index (χ2n) is 6.26. The van der Waals surface area contributed by atoms with Gasteiger partial charge in [-0.25, -0.2) is 4.39 Å². The monoisotopic (exact) mass is 373 g/mol. The molecule has 1 unspecified atom stereocenters. The topological polar surface area (TPSA) is 55.4 Å². The molecule has 26 heavy (non-hydrogen) atoms. The molecule has 136 valence electrons. The van der Waals surface area contributed by atoms with Crippen molar-refractivity contribution in [1.82, 2.24) is 5.32 Å². The molecule has 6 heteroatoms. The van der Waals surface area contributed by atoms with Crippen LogP contribution in [0.3, 0.4) is 0 Å². The highest BCUT2D eigenvalue weighted by Crippen LogP contribution is 2.49. The first-order chi connectivity index (χ1) is 12.4. The Kier molecular flexibility index (Phi) is 5.32. The lowest BCUT2D eigenvalue weighted by molar-refractivity contribution is -0.146. The average molecular weight is 373 g/mol. The van der Waals surface area contributed by atoms with Crippen molar-refractivity contribution in [3.05, 3.63) is 65.5 Å². The van der Waals surface area contributed by atoms with E-state index in [0.29, 0.717) is 5.56 Å². The Balaban J connectivity index is 2.06. The number of carbonyl (C=O) groups is 2. The molecule has 3 rings (SSSR count). The highest BCUT2D eigenvalue weighted by molar-refractivity contribution is 8.01. The van der Waals surface area contributed by atoms with E-state index in [1.807, 2.05) is 31.2 Å². The third-order valence-electron chi connectivity index (χ3n) is 4.32. The van der Waals surface area contributed by atoms with Crippen LogP contribution in [0.1, 0.15) is 30.5 Å². The first-order valence-electron chi connectivity index (χ1n) is 8.42. The summed E-state index contributed by atoms with van der Waals surface area (Å²) in [5.41, 5.74) is 1.64. The number of amides is 1. The lowest BCUT2D eigenvalue weighted by atomic mass is 9.93. The number of rotatable bonds is 5. The lowest BCUT2D eigenvalue weighted by Crippen LogP contribution is -2.42. The summed E-state index contributed by atoms with van der Waals surface area (Å²) in [5, 5.41) is 2.83. The Labute approximate surface area is 156 Å². The van der Waals surface area contributed by atoms with E-state index in [-0.39, 0.29) is 18.9 Å². The van der Waals surface area contributed by atoms with E-state index >= 15 is 0 Å². The fraction of sp³-hybridized carbons (Fsp3) is 0.300. The van der Waals surface area contributed by atoms with Gasteiger partial charge in [-0.15, -0.1) is 11.8 Å². The summed E-state index contributed by atoms with van der Waals surface area (Å²) in [6.45, 7) is 3.91. The smallest absolute Gasteiger partial charge is 0.325 e. The number of hydrogen-bond acceptors (Lipinski definition) is 4. The molecule has 0 spiro atoms. The van der Waals surface area contributed by atoms with Crippen LogP contribution < -0.4 is 5.32 Å². The zero-order valence-electron chi connectivity index (χ0n) is 14.6. The highest BCUT2D eigenvalue weighted by Gasteiger charge is 2.55. The molecule has 0 saturated carbocycles. The van der Waals surface area contributed by atoms with Crippen LogP contribution in [0.25, 0.3) is 0 Å². The third kappa shape index (κ3) is 3.60. The molecule has 0 bridgehead atoms. The van der Waals surface area contributed by atoms with Gasteiger partial charge in [-0.2, -0.15) is 0 Å². The van der Waals surface area contributed by atoms with Gasteiger partial charge in [-0.3, -0.25) is 9.59 Å². The molecule has 0 aliphatic carbocycles. The second-order valence-corrected chi connectivity index (χ2v) is 7.66. The fourth-order valence-corrected chi connectivity index (χ4v) is 4.46. The van der Waals surface area contributed by atoms with Crippen LogP contribution >= 0.6 is 11.8 Å². The van der Waals surface area contributed by atoms with Crippen molar-refractivity contribution in [3.8, 4) is 0 Å². The molecule has 0 radical (unpaired) electrons. The largest absolute Gasteiger partial charge is 0.465 e. The zero-order chi connectivity index (χ0) is 18.7. The van der Waals surface area contributed by atoms with E-state index in [9.17, 15) is 14.0 Å². The second kappa shape index (κ2) is 7.50. The minimum absolute atomic E-state index is 0.0223.